The number of hydrogen-bond acceptors (Lipinski definition) is 4. The molecule has 1 rings (SSSR count). The Morgan fingerprint density at radius 3 is 2.43 bits per heavy atom. The molecule has 0 aliphatic heterocycles. The standard InChI is InChI=1S/C10H15NOS2/c1-13-9-4-3-7(8(12)6-11)5-10(9)14-2/h3-5,8,12H,6,11H2,1-2H3. The molecule has 14 heavy (non-hydrogen) atoms. The van der Waals surface area contributed by atoms with E-state index in [1.165, 1.54) is 9.79 Å². The molecule has 0 fully saturated rings. The van der Waals surface area contributed by atoms with Crippen LogP contribution in [0.3, 0.4) is 0 Å². The van der Waals surface area contributed by atoms with Crippen molar-refractivity contribution in [2.75, 3.05) is 19.1 Å². The second kappa shape index (κ2) is 5.66. The lowest BCUT2D eigenvalue weighted by Crippen LogP contribution is -2.11. The van der Waals surface area contributed by atoms with Crippen LogP contribution in [0, 0.1) is 0 Å². The Labute approximate surface area is 93.3 Å². The Morgan fingerprint density at radius 1 is 1.29 bits per heavy atom. The Kier molecular flexibility index (Phi) is 4.81. The van der Waals surface area contributed by atoms with Crippen LogP contribution in [0.15, 0.2) is 28.0 Å². The third-order valence-electron chi connectivity index (χ3n) is 2.02. The van der Waals surface area contributed by atoms with E-state index in [4.69, 9.17) is 5.73 Å². The van der Waals surface area contributed by atoms with Crippen LogP contribution in [-0.4, -0.2) is 24.2 Å². The smallest absolute Gasteiger partial charge is 0.0912 e. The minimum Gasteiger partial charge on any atom is -0.387 e. The molecule has 1 aromatic carbocycles. The summed E-state index contributed by atoms with van der Waals surface area (Å²) < 4.78 is 0. The monoisotopic (exact) mass is 229 g/mol. The Hall–Kier alpha value is -0.160. The summed E-state index contributed by atoms with van der Waals surface area (Å²) in [6, 6.07) is 5.97. The van der Waals surface area contributed by atoms with E-state index in [1.54, 1.807) is 23.5 Å². The molecule has 0 saturated carbocycles. The molecule has 0 aromatic heterocycles. The summed E-state index contributed by atoms with van der Waals surface area (Å²) in [7, 11) is 0. The highest BCUT2D eigenvalue weighted by Gasteiger charge is 2.08. The zero-order chi connectivity index (χ0) is 10.6. The summed E-state index contributed by atoms with van der Waals surface area (Å²) in [5.74, 6) is 0. The van der Waals surface area contributed by atoms with E-state index >= 15 is 0 Å². The van der Waals surface area contributed by atoms with Crippen molar-refractivity contribution in [1.82, 2.24) is 0 Å². The summed E-state index contributed by atoms with van der Waals surface area (Å²) in [5.41, 5.74) is 6.30. The first kappa shape index (κ1) is 11.9. The van der Waals surface area contributed by atoms with Gasteiger partial charge >= 0.3 is 0 Å². The first-order valence-electron chi connectivity index (χ1n) is 4.33. The summed E-state index contributed by atoms with van der Waals surface area (Å²) in [4.78, 5) is 2.44. The number of hydrogen-bond donors (Lipinski definition) is 2. The van der Waals surface area contributed by atoms with Gasteiger partial charge in [0.1, 0.15) is 0 Å². The Morgan fingerprint density at radius 2 is 1.93 bits per heavy atom. The molecule has 0 heterocycles. The van der Waals surface area contributed by atoms with Gasteiger partial charge in [-0.3, -0.25) is 0 Å². The highest BCUT2D eigenvalue weighted by atomic mass is 32.2. The highest BCUT2D eigenvalue weighted by Crippen LogP contribution is 2.30. The van der Waals surface area contributed by atoms with Crippen LogP contribution in [0.25, 0.3) is 0 Å². The lowest BCUT2D eigenvalue weighted by molar-refractivity contribution is 0.186. The van der Waals surface area contributed by atoms with Crippen molar-refractivity contribution in [3.63, 3.8) is 0 Å². The number of aliphatic hydroxyl groups is 1. The van der Waals surface area contributed by atoms with Gasteiger partial charge in [-0.2, -0.15) is 0 Å². The summed E-state index contributed by atoms with van der Waals surface area (Å²) >= 11 is 3.40. The zero-order valence-corrected chi connectivity index (χ0v) is 9.99. The molecule has 1 atom stereocenters. The molecule has 0 spiro atoms. The van der Waals surface area contributed by atoms with E-state index in [9.17, 15) is 5.11 Å². The van der Waals surface area contributed by atoms with E-state index in [0.29, 0.717) is 0 Å². The molecule has 0 saturated heterocycles. The molecule has 2 nitrogen and oxygen atoms in total. The second-order valence-electron chi connectivity index (χ2n) is 2.87. The minimum atomic E-state index is -0.545. The van der Waals surface area contributed by atoms with Crippen LogP contribution >= 0.6 is 23.5 Å². The van der Waals surface area contributed by atoms with Crippen molar-refractivity contribution in [1.29, 1.82) is 0 Å². The topological polar surface area (TPSA) is 46.2 Å². The molecule has 78 valence electrons. The van der Waals surface area contributed by atoms with Gasteiger partial charge in [0.2, 0.25) is 0 Å². The number of thioether (sulfide) groups is 2. The maximum absolute atomic E-state index is 9.57. The number of rotatable bonds is 4. The van der Waals surface area contributed by atoms with Crippen molar-refractivity contribution < 1.29 is 5.11 Å². The van der Waals surface area contributed by atoms with Crippen LogP contribution < -0.4 is 5.73 Å². The normalized spacial score (nSPS) is 12.9. The van der Waals surface area contributed by atoms with Gasteiger partial charge < -0.3 is 10.8 Å². The third kappa shape index (κ3) is 2.67. The number of benzene rings is 1. The fourth-order valence-corrected chi connectivity index (χ4v) is 2.68. The Balaban J connectivity index is 3.01. The lowest BCUT2D eigenvalue weighted by Gasteiger charge is -2.11. The fourth-order valence-electron chi connectivity index (χ4n) is 1.20. The summed E-state index contributed by atoms with van der Waals surface area (Å²) in [5, 5.41) is 9.57. The van der Waals surface area contributed by atoms with Gasteiger partial charge in [-0.15, -0.1) is 23.5 Å². The highest BCUT2D eigenvalue weighted by molar-refractivity contribution is 8.01. The first-order chi connectivity index (χ1) is 6.72. The van der Waals surface area contributed by atoms with Gasteiger partial charge in [0.05, 0.1) is 6.10 Å². The molecule has 4 heteroatoms. The van der Waals surface area contributed by atoms with Gasteiger partial charge in [-0.05, 0) is 30.2 Å². The molecular formula is C10H15NOS2. The molecule has 0 amide bonds. The van der Waals surface area contributed by atoms with Gasteiger partial charge in [-0.25, -0.2) is 0 Å². The molecule has 0 radical (unpaired) electrons. The van der Waals surface area contributed by atoms with Crippen molar-refractivity contribution in [3.05, 3.63) is 23.8 Å². The SMILES string of the molecule is CSc1ccc(C(O)CN)cc1SC. The molecular weight excluding hydrogens is 214 g/mol. The lowest BCUT2D eigenvalue weighted by atomic mass is 10.1. The zero-order valence-electron chi connectivity index (χ0n) is 8.36. The molecule has 1 unspecified atom stereocenters. The maximum atomic E-state index is 9.57. The van der Waals surface area contributed by atoms with Crippen LogP contribution in [0.4, 0.5) is 0 Å². The van der Waals surface area contributed by atoms with Crippen LogP contribution in [-0.2, 0) is 0 Å². The molecule has 3 N–H and O–H groups in total. The Bertz CT molecular complexity index is 304. The maximum Gasteiger partial charge on any atom is 0.0912 e. The largest absolute Gasteiger partial charge is 0.387 e. The van der Waals surface area contributed by atoms with E-state index in [2.05, 4.69) is 0 Å². The molecule has 0 aliphatic rings. The average Bonchev–Trinajstić information content (AvgIpc) is 2.26. The first-order valence-corrected chi connectivity index (χ1v) is 6.78. The van der Waals surface area contributed by atoms with Crippen molar-refractivity contribution in [2.45, 2.75) is 15.9 Å². The van der Waals surface area contributed by atoms with Crippen LogP contribution in [0.1, 0.15) is 11.7 Å². The number of aliphatic hydroxyl groups excluding tert-OH is 1. The second-order valence-corrected chi connectivity index (χ2v) is 4.56. The van der Waals surface area contributed by atoms with Gasteiger partial charge in [0.15, 0.2) is 0 Å². The van der Waals surface area contributed by atoms with E-state index in [0.717, 1.165) is 5.56 Å². The predicted molar refractivity (Wildman–Crippen MR) is 64.0 cm³/mol. The fraction of sp³-hybridized carbons (Fsp3) is 0.400. The van der Waals surface area contributed by atoms with Gasteiger partial charge in [0, 0.05) is 16.3 Å². The van der Waals surface area contributed by atoms with Crippen molar-refractivity contribution in [3.8, 4) is 0 Å². The third-order valence-corrected chi connectivity index (χ3v) is 3.72. The quantitative estimate of drug-likeness (QED) is 0.776. The summed E-state index contributed by atoms with van der Waals surface area (Å²) in [6.07, 6.45) is 3.54. The minimum absolute atomic E-state index is 0.270. The van der Waals surface area contributed by atoms with Crippen LogP contribution in [0.5, 0.6) is 0 Å². The van der Waals surface area contributed by atoms with Crippen molar-refractivity contribution in [2.24, 2.45) is 5.73 Å². The van der Waals surface area contributed by atoms with Gasteiger partial charge in [0.25, 0.3) is 0 Å². The van der Waals surface area contributed by atoms with E-state index < -0.39 is 6.10 Å². The van der Waals surface area contributed by atoms with Crippen molar-refractivity contribution >= 4 is 23.5 Å². The van der Waals surface area contributed by atoms with E-state index in [1.807, 2.05) is 30.7 Å². The predicted octanol–water partition coefficient (Wildman–Crippen LogP) is 2.12. The molecule has 0 aliphatic carbocycles. The average molecular weight is 229 g/mol. The molecule has 1 aromatic rings. The van der Waals surface area contributed by atoms with Crippen LogP contribution in [0.2, 0.25) is 0 Å². The van der Waals surface area contributed by atoms with E-state index in [-0.39, 0.29) is 6.54 Å². The van der Waals surface area contributed by atoms with Gasteiger partial charge in [-0.1, -0.05) is 6.07 Å². The summed E-state index contributed by atoms with van der Waals surface area (Å²) in [6.45, 7) is 0.270. The number of nitrogens with two attached hydrogens (primary N) is 1. The molecule has 0 bridgehead atoms.